The number of methoxy groups -OCH3 is 3. The number of hydrogen-bond donors (Lipinski definition) is 0. The number of piperazine rings is 1. The summed E-state index contributed by atoms with van der Waals surface area (Å²) in [5.41, 5.74) is 0.493. The van der Waals surface area contributed by atoms with Gasteiger partial charge in [-0.05, 0) is 31.2 Å². The van der Waals surface area contributed by atoms with E-state index in [-0.39, 0.29) is 5.91 Å². The quantitative estimate of drug-likeness (QED) is 0.577. The van der Waals surface area contributed by atoms with Crippen LogP contribution in [0, 0.1) is 6.92 Å². The van der Waals surface area contributed by atoms with Gasteiger partial charge in [0, 0.05) is 44.1 Å². The van der Waals surface area contributed by atoms with Crippen LogP contribution in [-0.4, -0.2) is 78.1 Å². The van der Waals surface area contributed by atoms with E-state index in [4.69, 9.17) is 14.2 Å². The highest BCUT2D eigenvalue weighted by Gasteiger charge is 2.25. The van der Waals surface area contributed by atoms with E-state index in [9.17, 15) is 4.79 Å². The van der Waals surface area contributed by atoms with Crippen molar-refractivity contribution in [1.29, 1.82) is 0 Å². The van der Waals surface area contributed by atoms with E-state index in [1.165, 1.54) is 21.3 Å². The van der Waals surface area contributed by atoms with Crippen LogP contribution in [-0.2, 0) is 0 Å². The lowest BCUT2D eigenvalue weighted by Crippen LogP contribution is -2.49. The fraction of sp³-hybridized carbons (Fsp3) is 0.364. The van der Waals surface area contributed by atoms with Gasteiger partial charge in [-0.2, -0.15) is 0 Å². The van der Waals surface area contributed by atoms with E-state index < -0.39 is 0 Å². The topological polar surface area (TPSA) is 94.8 Å². The molecule has 32 heavy (non-hydrogen) atoms. The summed E-state index contributed by atoms with van der Waals surface area (Å²) in [7, 11) is 4.60. The van der Waals surface area contributed by atoms with Gasteiger partial charge in [0.25, 0.3) is 5.91 Å². The Morgan fingerprint density at radius 2 is 1.53 bits per heavy atom. The maximum atomic E-state index is 13.1. The predicted octanol–water partition coefficient (Wildman–Crippen LogP) is 1.96. The van der Waals surface area contributed by atoms with Crippen molar-refractivity contribution >= 4 is 11.7 Å². The van der Waals surface area contributed by atoms with Crippen molar-refractivity contribution < 1.29 is 19.0 Å². The SMILES string of the molecule is COc1cc(C(=O)N2CCN(c3ccc(-n4ccnc4C)nn3)CC2)cc(OC)c1OC. The molecule has 0 bridgehead atoms. The summed E-state index contributed by atoms with van der Waals surface area (Å²) in [6.07, 6.45) is 3.59. The molecule has 0 saturated carbocycles. The van der Waals surface area contributed by atoms with Crippen LogP contribution in [0.1, 0.15) is 16.2 Å². The van der Waals surface area contributed by atoms with Gasteiger partial charge in [-0.15, -0.1) is 10.2 Å². The van der Waals surface area contributed by atoms with E-state index in [1.54, 1.807) is 18.3 Å². The molecule has 0 aliphatic carbocycles. The lowest BCUT2D eigenvalue weighted by molar-refractivity contribution is 0.0745. The molecule has 0 unspecified atom stereocenters. The number of aromatic nitrogens is 4. The zero-order valence-corrected chi connectivity index (χ0v) is 18.6. The molecule has 10 nitrogen and oxygen atoms in total. The number of amides is 1. The Morgan fingerprint density at radius 1 is 0.906 bits per heavy atom. The number of hydrogen-bond acceptors (Lipinski definition) is 8. The first-order valence-corrected chi connectivity index (χ1v) is 10.2. The van der Waals surface area contributed by atoms with Crippen molar-refractivity contribution in [3.05, 3.63) is 48.0 Å². The monoisotopic (exact) mass is 438 g/mol. The highest BCUT2D eigenvalue weighted by molar-refractivity contribution is 5.95. The Hall–Kier alpha value is -3.82. The van der Waals surface area contributed by atoms with Crippen molar-refractivity contribution in [2.24, 2.45) is 0 Å². The first-order chi connectivity index (χ1) is 15.5. The average molecular weight is 438 g/mol. The minimum Gasteiger partial charge on any atom is -0.493 e. The average Bonchev–Trinajstić information content (AvgIpc) is 3.28. The summed E-state index contributed by atoms with van der Waals surface area (Å²) >= 11 is 0. The smallest absolute Gasteiger partial charge is 0.254 e. The summed E-state index contributed by atoms with van der Waals surface area (Å²) in [6.45, 7) is 4.38. The number of carbonyl (C=O) groups excluding carboxylic acids is 1. The van der Waals surface area contributed by atoms with Gasteiger partial charge >= 0.3 is 0 Å². The molecular weight excluding hydrogens is 412 g/mol. The first kappa shape index (κ1) is 21.4. The molecule has 168 valence electrons. The normalized spacial score (nSPS) is 13.8. The van der Waals surface area contributed by atoms with Crippen molar-refractivity contribution in [2.45, 2.75) is 6.92 Å². The highest BCUT2D eigenvalue weighted by atomic mass is 16.5. The molecule has 3 heterocycles. The third-order valence-corrected chi connectivity index (χ3v) is 5.51. The van der Waals surface area contributed by atoms with Crippen LogP contribution in [0.3, 0.4) is 0 Å². The van der Waals surface area contributed by atoms with Gasteiger partial charge in [0.1, 0.15) is 5.82 Å². The molecule has 1 saturated heterocycles. The number of ether oxygens (including phenoxy) is 3. The molecule has 0 atom stereocenters. The van der Waals surface area contributed by atoms with E-state index in [0.29, 0.717) is 49.0 Å². The van der Waals surface area contributed by atoms with E-state index >= 15 is 0 Å². The second-order valence-electron chi connectivity index (χ2n) is 7.29. The zero-order chi connectivity index (χ0) is 22.7. The molecule has 1 fully saturated rings. The number of aryl methyl sites for hydroxylation is 1. The van der Waals surface area contributed by atoms with E-state index in [2.05, 4.69) is 20.1 Å². The van der Waals surface area contributed by atoms with Crippen molar-refractivity contribution in [3.8, 4) is 23.1 Å². The largest absolute Gasteiger partial charge is 0.493 e. The summed E-state index contributed by atoms with van der Waals surface area (Å²) < 4.78 is 18.0. The van der Waals surface area contributed by atoms with Crippen LogP contribution in [0.4, 0.5) is 5.82 Å². The minimum atomic E-state index is -0.0825. The zero-order valence-electron chi connectivity index (χ0n) is 18.6. The van der Waals surface area contributed by atoms with Crippen LogP contribution in [0.25, 0.3) is 5.82 Å². The Balaban J connectivity index is 1.43. The Morgan fingerprint density at radius 3 is 2.03 bits per heavy atom. The number of benzene rings is 1. The van der Waals surface area contributed by atoms with Gasteiger partial charge in [-0.3, -0.25) is 9.36 Å². The van der Waals surface area contributed by atoms with Gasteiger partial charge in [-0.25, -0.2) is 4.98 Å². The number of imidazole rings is 1. The molecule has 1 amide bonds. The van der Waals surface area contributed by atoms with Gasteiger partial charge in [0.05, 0.1) is 21.3 Å². The van der Waals surface area contributed by atoms with Crippen LogP contribution >= 0.6 is 0 Å². The second-order valence-corrected chi connectivity index (χ2v) is 7.29. The molecule has 1 aromatic carbocycles. The van der Waals surface area contributed by atoms with E-state index in [0.717, 1.165) is 17.5 Å². The van der Waals surface area contributed by atoms with Crippen LogP contribution in [0.5, 0.6) is 17.2 Å². The van der Waals surface area contributed by atoms with Crippen LogP contribution in [0.15, 0.2) is 36.7 Å². The van der Waals surface area contributed by atoms with Crippen molar-refractivity contribution in [1.82, 2.24) is 24.6 Å². The second kappa shape index (κ2) is 9.13. The fourth-order valence-electron chi connectivity index (χ4n) is 3.76. The molecule has 1 aliphatic rings. The molecule has 10 heteroatoms. The molecule has 3 aromatic rings. The molecule has 0 radical (unpaired) electrons. The summed E-state index contributed by atoms with van der Waals surface area (Å²) in [4.78, 5) is 21.3. The number of anilines is 1. The number of rotatable bonds is 6. The van der Waals surface area contributed by atoms with Crippen molar-refractivity contribution in [3.63, 3.8) is 0 Å². The van der Waals surface area contributed by atoms with Crippen LogP contribution in [0.2, 0.25) is 0 Å². The molecule has 4 rings (SSSR count). The molecule has 0 spiro atoms. The maximum Gasteiger partial charge on any atom is 0.254 e. The first-order valence-electron chi connectivity index (χ1n) is 10.2. The minimum absolute atomic E-state index is 0.0825. The molecule has 1 aliphatic heterocycles. The Kier molecular flexibility index (Phi) is 6.11. The fourth-order valence-corrected chi connectivity index (χ4v) is 3.76. The Bertz CT molecular complexity index is 1070. The van der Waals surface area contributed by atoms with Gasteiger partial charge < -0.3 is 24.0 Å². The third-order valence-electron chi connectivity index (χ3n) is 5.51. The molecular formula is C22H26N6O4. The highest BCUT2D eigenvalue weighted by Crippen LogP contribution is 2.38. The predicted molar refractivity (Wildman–Crippen MR) is 118 cm³/mol. The summed E-state index contributed by atoms with van der Waals surface area (Å²) in [5.74, 6) is 3.65. The maximum absolute atomic E-state index is 13.1. The summed E-state index contributed by atoms with van der Waals surface area (Å²) in [6, 6.07) is 7.22. The lowest BCUT2D eigenvalue weighted by Gasteiger charge is -2.35. The van der Waals surface area contributed by atoms with Gasteiger partial charge in [-0.1, -0.05) is 0 Å². The lowest BCUT2D eigenvalue weighted by atomic mass is 10.1. The number of carbonyl (C=O) groups is 1. The number of nitrogens with zero attached hydrogens (tertiary/aromatic N) is 6. The van der Waals surface area contributed by atoms with Gasteiger partial charge in [0.15, 0.2) is 23.1 Å². The molecule has 2 aromatic heterocycles. The van der Waals surface area contributed by atoms with E-state index in [1.807, 2.05) is 34.7 Å². The van der Waals surface area contributed by atoms with Crippen molar-refractivity contribution in [2.75, 3.05) is 52.4 Å². The molecule has 0 N–H and O–H groups in total. The van der Waals surface area contributed by atoms with Crippen LogP contribution < -0.4 is 19.1 Å². The Labute approximate surface area is 186 Å². The van der Waals surface area contributed by atoms with Gasteiger partial charge in [0.2, 0.25) is 5.75 Å². The standard InChI is InChI=1S/C22H26N6O4/c1-15-23-7-8-28(15)20-6-5-19(24-25-20)26-9-11-27(12-10-26)22(29)16-13-17(30-2)21(32-4)18(14-16)31-3/h5-8,13-14H,9-12H2,1-4H3. The third kappa shape index (κ3) is 4.03. The summed E-state index contributed by atoms with van der Waals surface area (Å²) in [5, 5.41) is 8.69.